The van der Waals surface area contributed by atoms with Gasteiger partial charge in [-0.3, -0.25) is 0 Å². The average Bonchev–Trinajstić information content (AvgIpc) is 2.18. The van der Waals surface area contributed by atoms with E-state index in [0.717, 1.165) is 26.2 Å². The minimum absolute atomic E-state index is 0.824. The predicted molar refractivity (Wildman–Crippen MR) is 64.4 cm³/mol. The van der Waals surface area contributed by atoms with E-state index in [1.54, 1.807) is 0 Å². The fraction of sp³-hybridized carbons (Fsp3) is 1.00. The van der Waals surface area contributed by atoms with Gasteiger partial charge < -0.3 is 9.16 Å². The van der Waals surface area contributed by atoms with E-state index < -0.39 is 9.04 Å². The topological polar surface area (TPSA) is 18.5 Å². The molecular formula is C11H26O2Si. The molecule has 0 saturated carbocycles. The molecule has 0 radical (unpaired) electrons. The van der Waals surface area contributed by atoms with Crippen LogP contribution in [0.25, 0.3) is 0 Å². The summed E-state index contributed by atoms with van der Waals surface area (Å²) in [6, 6.07) is 2.67. The Balaban J connectivity index is 3.30. The van der Waals surface area contributed by atoms with Crippen LogP contribution in [0.15, 0.2) is 0 Å². The molecular weight excluding hydrogens is 192 g/mol. The van der Waals surface area contributed by atoms with E-state index in [4.69, 9.17) is 9.16 Å². The second-order valence-electron chi connectivity index (χ2n) is 3.62. The Hall–Kier alpha value is 0.137. The summed E-state index contributed by atoms with van der Waals surface area (Å²) >= 11 is 0. The molecule has 0 bridgehead atoms. The van der Waals surface area contributed by atoms with Gasteiger partial charge in [0.2, 0.25) is 0 Å². The fourth-order valence-corrected chi connectivity index (χ4v) is 3.92. The lowest BCUT2D eigenvalue weighted by Gasteiger charge is -2.14. The second-order valence-corrected chi connectivity index (χ2v) is 6.35. The molecule has 0 unspecified atom stereocenters. The van der Waals surface area contributed by atoms with Crippen molar-refractivity contribution in [3.63, 3.8) is 0 Å². The summed E-state index contributed by atoms with van der Waals surface area (Å²) in [5, 5.41) is 0. The summed E-state index contributed by atoms with van der Waals surface area (Å²) in [6.45, 7) is 9.13. The van der Waals surface area contributed by atoms with Crippen LogP contribution in [0.5, 0.6) is 0 Å². The summed E-state index contributed by atoms with van der Waals surface area (Å²) in [5.41, 5.74) is 0. The van der Waals surface area contributed by atoms with Crippen molar-refractivity contribution in [3.05, 3.63) is 0 Å². The molecule has 0 rings (SSSR count). The first kappa shape index (κ1) is 14.1. The monoisotopic (exact) mass is 218 g/mol. The van der Waals surface area contributed by atoms with Gasteiger partial charge in [-0.15, -0.1) is 0 Å². The Morgan fingerprint density at radius 2 is 1.57 bits per heavy atom. The summed E-state index contributed by atoms with van der Waals surface area (Å²) in [7, 11) is -0.841. The molecule has 0 atom stereocenters. The van der Waals surface area contributed by atoms with Gasteiger partial charge in [-0.1, -0.05) is 26.7 Å². The molecule has 0 aromatic rings. The molecule has 0 aromatic carbocycles. The van der Waals surface area contributed by atoms with E-state index in [-0.39, 0.29) is 0 Å². The van der Waals surface area contributed by atoms with Crippen molar-refractivity contribution in [2.45, 2.75) is 52.1 Å². The highest BCUT2D eigenvalue weighted by Crippen LogP contribution is 2.07. The van der Waals surface area contributed by atoms with Crippen molar-refractivity contribution in [3.8, 4) is 0 Å². The first-order valence-corrected chi connectivity index (χ1v) is 8.14. The van der Waals surface area contributed by atoms with Crippen molar-refractivity contribution < 1.29 is 9.16 Å². The second kappa shape index (κ2) is 11.2. The third-order valence-corrected chi connectivity index (χ3v) is 5.36. The Morgan fingerprint density at radius 3 is 2.07 bits per heavy atom. The van der Waals surface area contributed by atoms with E-state index in [0.29, 0.717) is 0 Å². The smallest absolute Gasteiger partial charge is 0.176 e. The number of ether oxygens (including phenoxy) is 1. The number of rotatable bonds is 10. The van der Waals surface area contributed by atoms with Gasteiger partial charge in [0.1, 0.15) is 0 Å². The maximum Gasteiger partial charge on any atom is 0.176 e. The quantitative estimate of drug-likeness (QED) is 0.414. The molecule has 0 aliphatic heterocycles. The molecule has 0 amide bonds. The van der Waals surface area contributed by atoms with Gasteiger partial charge in [-0.2, -0.15) is 0 Å². The SMILES string of the molecule is CCC[SiH](CCC)OCCCOCC. The van der Waals surface area contributed by atoms with Gasteiger partial charge in [0, 0.05) is 19.8 Å². The van der Waals surface area contributed by atoms with Crippen LogP contribution in [0, 0.1) is 0 Å². The largest absolute Gasteiger partial charge is 0.420 e. The summed E-state index contributed by atoms with van der Waals surface area (Å²) in [5.74, 6) is 0. The molecule has 0 spiro atoms. The van der Waals surface area contributed by atoms with Gasteiger partial charge >= 0.3 is 0 Å². The molecule has 14 heavy (non-hydrogen) atoms. The molecule has 0 fully saturated rings. The van der Waals surface area contributed by atoms with Crippen molar-refractivity contribution in [2.75, 3.05) is 19.8 Å². The number of hydrogen-bond acceptors (Lipinski definition) is 2. The highest BCUT2D eigenvalue weighted by molar-refractivity contribution is 6.51. The highest BCUT2D eigenvalue weighted by atomic mass is 28.3. The van der Waals surface area contributed by atoms with E-state index in [2.05, 4.69) is 13.8 Å². The van der Waals surface area contributed by atoms with E-state index in [1.165, 1.54) is 24.9 Å². The van der Waals surface area contributed by atoms with Crippen molar-refractivity contribution in [1.82, 2.24) is 0 Å². The molecule has 0 N–H and O–H groups in total. The fourth-order valence-electron chi connectivity index (χ4n) is 1.51. The molecule has 2 nitrogen and oxygen atoms in total. The highest BCUT2D eigenvalue weighted by Gasteiger charge is 2.08. The number of hydrogen-bond donors (Lipinski definition) is 0. The third kappa shape index (κ3) is 8.72. The van der Waals surface area contributed by atoms with Crippen molar-refractivity contribution >= 4 is 9.04 Å². The lowest BCUT2D eigenvalue weighted by Crippen LogP contribution is -2.18. The summed E-state index contributed by atoms with van der Waals surface area (Å²) in [6.07, 6.45) is 3.62. The van der Waals surface area contributed by atoms with Crippen LogP contribution in [0.1, 0.15) is 40.0 Å². The zero-order chi connectivity index (χ0) is 10.6. The van der Waals surface area contributed by atoms with E-state index >= 15 is 0 Å². The average molecular weight is 218 g/mol. The first-order chi connectivity index (χ1) is 6.85. The Labute approximate surface area is 90.7 Å². The summed E-state index contributed by atoms with van der Waals surface area (Å²) in [4.78, 5) is 0. The minimum Gasteiger partial charge on any atom is -0.420 e. The van der Waals surface area contributed by atoms with Crippen molar-refractivity contribution in [2.24, 2.45) is 0 Å². The van der Waals surface area contributed by atoms with Crippen LogP contribution in [0.4, 0.5) is 0 Å². The summed E-state index contributed by atoms with van der Waals surface area (Å²) < 4.78 is 11.2. The maximum absolute atomic E-state index is 5.93. The molecule has 3 heteroatoms. The minimum atomic E-state index is -0.841. The molecule has 0 heterocycles. The van der Waals surface area contributed by atoms with E-state index in [9.17, 15) is 0 Å². The first-order valence-electron chi connectivity index (χ1n) is 6.04. The van der Waals surface area contributed by atoms with Gasteiger partial charge in [-0.25, -0.2) is 0 Å². The predicted octanol–water partition coefficient (Wildman–Crippen LogP) is 2.97. The molecule has 0 aliphatic rings. The molecule has 0 aliphatic carbocycles. The standard InChI is InChI=1S/C11H26O2Si/c1-4-10-14(11-5-2)13-9-7-8-12-6-3/h14H,4-11H2,1-3H3. The van der Waals surface area contributed by atoms with Crippen LogP contribution in [0.2, 0.25) is 12.1 Å². The Kier molecular flexibility index (Phi) is 11.3. The third-order valence-electron chi connectivity index (χ3n) is 2.21. The van der Waals surface area contributed by atoms with Gasteiger partial charge in [-0.05, 0) is 25.4 Å². The lowest BCUT2D eigenvalue weighted by molar-refractivity contribution is 0.130. The molecule has 0 aromatic heterocycles. The van der Waals surface area contributed by atoms with Gasteiger partial charge in [0.25, 0.3) is 0 Å². The molecule has 0 saturated heterocycles. The van der Waals surface area contributed by atoms with Gasteiger partial charge in [0.05, 0.1) is 0 Å². The van der Waals surface area contributed by atoms with E-state index in [1.807, 2.05) is 6.92 Å². The van der Waals surface area contributed by atoms with Crippen molar-refractivity contribution in [1.29, 1.82) is 0 Å². The zero-order valence-corrected chi connectivity index (χ0v) is 11.2. The Morgan fingerprint density at radius 1 is 0.929 bits per heavy atom. The van der Waals surface area contributed by atoms with Crippen LogP contribution in [0.3, 0.4) is 0 Å². The normalized spacial score (nSPS) is 11.1. The molecule has 86 valence electrons. The van der Waals surface area contributed by atoms with Crippen LogP contribution >= 0.6 is 0 Å². The zero-order valence-electron chi connectivity index (χ0n) is 10.1. The maximum atomic E-state index is 5.93. The van der Waals surface area contributed by atoms with Crippen LogP contribution in [-0.2, 0) is 9.16 Å². The lowest BCUT2D eigenvalue weighted by atomic mass is 10.5. The van der Waals surface area contributed by atoms with Crippen LogP contribution in [-0.4, -0.2) is 28.9 Å². The Bertz CT molecular complexity index is 103. The van der Waals surface area contributed by atoms with Gasteiger partial charge in [0.15, 0.2) is 9.04 Å². The van der Waals surface area contributed by atoms with Crippen LogP contribution < -0.4 is 0 Å².